The first-order valence-electron chi connectivity index (χ1n) is 18.3. The zero-order chi connectivity index (χ0) is 35.2. The molecule has 0 N–H and O–H groups in total. The van der Waals surface area contributed by atoms with E-state index >= 15 is 0 Å². The zero-order valence-electron chi connectivity index (χ0n) is 33.2. The van der Waals surface area contributed by atoms with E-state index in [1.165, 1.54) is 64.5 Å². The molecule has 0 fully saturated rings. The molecular weight excluding hydrogens is 727 g/mol. The first-order valence-corrected chi connectivity index (χ1v) is 26.2. The van der Waals surface area contributed by atoms with Crippen molar-refractivity contribution in [3.8, 4) is 11.1 Å². The summed E-state index contributed by atoms with van der Waals surface area (Å²) in [5, 5.41) is 0. The molecule has 0 heterocycles. The van der Waals surface area contributed by atoms with E-state index in [0.717, 1.165) is 6.42 Å². The Morgan fingerprint density at radius 2 is 1.28 bits per heavy atom. The first-order chi connectivity index (χ1) is 22.0. The monoisotopic (exact) mass is 784 g/mol. The molecule has 0 nitrogen and oxygen atoms in total. The van der Waals surface area contributed by atoms with Crippen LogP contribution in [0.3, 0.4) is 0 Å². The molecule has 3 heteroatoms. The van der Waals surface area contributed by atoms with Gasteiger partial charge in [0, 0.05) is 0 Å². The summed E-state index contributed by atoms with van der Waals surface area (Å²) in [6.45, 7) is 31.2. The van der Waals surface area contributed by atoms with Crippen molar-refractivity contribution in [1.29, 1.82) is 0 Å². The summed E-state index contributed by atoms with van der Waals surface area (Å²) < 4.78 is 13.0. The average Bonchev–Trinajstić information content (AvgIpc) is 3.64. The maximum atomic E-state index is 5.64. The van der Waals surface area contributed by atoms with E-state index in [9.17, 15) is 0 Å². The molecule has 7 rings (SSSR count). The van der Waals surface area contributed by atoms with Gasteiger partial charge < -0.3 is 0 Å². The van der Waals surface area contributed by atoms with E-state index in [-0.39, 0.29) is 46.5 Å². The van der Waals surface area contributed by atoms with E-state index in [1.807, 2.05) is 0 Å². The topological polar surface area (TPSA) is 0 Å². The number of rotatable bonds is 3. The van der Waals surface area contributed by atoms with Crippen molar-refractivity contribution in [2.24, 2.45) is 16.7 Å². The Labute approximate surface area is 317 Å². The van der Waals surface area contributed by atoms with Crippen LogP contribution in [0.15, 0.2) is 78.9 Å². The van der Waals surface area contributed by atoms with E-state index in [4.69, 9.17) is 4.21 Å². The van der Waals surface area contributed by atoms with Crippen molar-refractivity contribution in [3.63, 3.8) is 0 Å². The Hall–Kier alpha value is -2.05. The van der Waals surface area contributed by atoms with Gasteiger partial charge in [-0.1, -0.05) is 0 Å². The summed E-state index contributed by atoms with van der Waals surface area (Å²) in [7, 11) is 0. The summed E-state index contributed by atoms with van der Waals surface area (Å²) >= 11 is -4.44. The summed E-state index contributed by atoms with van der Waals surface area (Å²) in [5.74, 6) is 0.390. The fourth-order valence-electron chi connectivity index (χ4n) is 10.6. The Bertz CT molecular complexity index is 2150. The minimum absolute atomic E-state index is 0. The van der Waals surface area contributed by atoms with Gasteiger partial charge in [0.2, 0.25) is 0 Å². The first kappa shape index (κ1) is 39.2. The van der Waals surface area contributed by atoms with Gasteiger partial charge in [0.1, 0.15) is 0 Å². The molecule has 1 atom stereocenters. The molecule has 3 aromatic rings. The summed E-state index contributed by atoms with van der Waals surface area (Å²) in [4.78, 5) is 0. The van der Waals surface area contributed by atoms with Gasteiger partial charge in [-0.3, -0.25) is 0 Å². The van der Waals surface area contributed by atoms with Crippen LogP contribution in [-0.4, -0.2) is 4.21 Å². The average molecular weight is 787 g/mol. The van der Waals surface area contributed by atoms with E-state index < -0.39 is 18.3 Å². The van der Waals surface area contributed by atoms with E-state index in [0.29, 0.717) is 5.92 Å². The molecule has 0 spiro atoms. The predicted octanol–water partition coefficient (Wildman–Crippen LogP) is 13.2. The third-order valence-electron chi connectivity index (χ3n) is 12.7. The van der Waals surface area contributed by atoms with Gasteiger partial charge in [0.25, 0.3) is 0 Å². The van der Waals surface area contributed by atoms with Crippen molar-refractivity contribution in [2.45, 2.75) is 112 Å². The number of aryl methyl sites for hydroxylation is 1. The van der Waals surface area contributed by atoms with Crippen molar-refractivity contribution in [3.05, 3.63) is 118 Å². The number of fused-ring (bicyclic) bond motifs is 5. The number of hydrogen-bond acceptors (Lipinski definition) is 0. The fraction of sp³-hybridized carbons (Fsp3) is 0.426. The van der Waals surface area contributed by atoms with Crippen LogP contribution in [0, 0.1) is 23.7 Å². The Morgan fingerprint density at radius 3 is 1.78 bits per heavy atom. The standard InChI is InChI=1S/C31H37.C7H9.C7H7.CH3.CH2.2ClH.Zr/c1-28(2,3)26-16-30(7,8)24-12-18-11-19-13-25-23(15-21(19)20(18)14-22(24)26)27(29(4,5)6)17-31(25,9)10;1-6-3-4-7(2)5-6;1-7-5-3-2-4-6-7;;;;;/h12-16H,11H2,1-10H3;3,5,7H,1-2H3;3-6H,1H3;1H3;1H2;2*1H;. The summed E-state index contributed by atoms with van der Waals surface area (Å²) in [6.07, 6.45) is 8.56. The van der Waals surface area contributed by atoms with Crippen LogP contribution < -0.4 is 3.27 Å². The zero-order valence-corrected chi connectivity index (χ0v) is 37.2. The third-order valence-corrected chi connectivity index (χ3v) is 28.2. The van der Waals surface area contributed by atoms with Crippen LogP contribution in [0.1, 0.15) is 122 Å². The second-order valence-electron chi connectivity index (χ2n) is 19.6. The normalized spacial score (nSPS) is 20.2. The molecular formula is C47H60Cl2Zr. The van der Waals surface area contributed by atoms with Gasteiger partial charge in [-0.15, -0.1) is 24.8 Å². The van der Waals surface area contributed by atoms with Gasteiger partial charge in [-0.25, -0.2) is 0 Å². The van der Waals surface area contributed by atoms with Crippen LogP contribution in [0.25, 0.3) is 22.3 Å². The molecule has 0 aromatic heterocycles. The van der Waals surface area contributed by atoms with E-state index in [1.54, 1.807) is 12.1 Å². The second-order valence-corrected chi connectivity index (χ2v) is 33.6. The van der Waals surface area contributed by atoms with E-state index in [2.05, 4.69) is 161 Å². The van der Waals surface area contributed by atoms with Gasteiger partial charge in [0.05, 0.1) is 0 Å². The number of halogens is 2. The molecule has 0 saturated heterocycles. The summed E-state index contributed by atoms with van der Waals surface area (Å²) in [5.41, 5.74) is 17.5. The maximum absolute atomic E-state index is 5.64. The van der Waals surface area contributed by atoms with Crippen LogP contribution in [0.2, 0.25) is 4.63 Å². The number of benzene rings is 3. The van der Waals surface area contributed by atoms with Crippen molar-refractivity contribution in [1.82, 2.24) is 0 Å². The molecule has 0 aliphatic heterocycles. The predicted molar refractivity (Wildman–Crippen MR) is 224 cm³/mol. The molecule has 3 aromatic carbocycles. The molecule has 0 radical (unpaired) electrons. The van der Waals surface area contributed by atoms with Crippen LogP contribution in [0.4, 0.5) is 0 Å². The molecule has 4 aliphatic rings. The van der Waals surface area contributed by atoms with Crippen LogP contribution in [0.5, 0.6) is 0 Å². The molecule has 50 heavy (non-hydrogen) atoms. The van der Waals surface area contributed by atoms with Gasteiger partial charge in [-0.05, 0) is 0 Å². The fourth-order valence-corrected chi connectivity index (χ4v) is 27.7. The third kappa shape index (κ3) is 5.42. The minimum atomic E-state index is -4.44. The molecule has 0 amide bonds. The Morgan fingerprint density at radius 1 is 0.740 bits per heavy atom. The Kier molecular flexibility index (Phi) is 9.19. The van der Waals surface area contributed by atoms with Crippen molar-refractivity contribution >= 4 is 43.4 Å². The molecule has 4 aliphatic carbocycles. The summed E-state index contributed by atoms with van der Waals surface area (Å²) in [6, 6.07) is 19.9. The van der Waals surface area contributed by atoms with Crippen LogP contribution in [-0.2, 0) is 35.5 Å². The van der Waals surface area contributed by atoms with Gasteiger partial charge >= 0.3 is 295 Å². The van der Waals surface area contributed by atoms with Gasteiger partial charge in [-0.2, -0.15) is 0 Å². The molecule has 0 bridgehead atoms. The van der Waals surface area contributed by atoms with Crippen molar-refractivity contribution in [2.75, 3.05) is 0 Å². The second kappa shape index (κ2) is 11.7. The SMILES string of the molecule is Cl.Cl.[CH2]=[Zr]([CH3])([C]1=CC(C)=CC1C)([C]1=C(C(C)(C)C)c2cc3c(cc2C1(C)C)Cc1cc2c(cc1-3)C(C(C)(C)C)=CC2(C)C)[c]1ccc(C)cc1. The van der Waals surface area contributed by atoms with Gasteiger partial charge in [0.15, 0.2) is 0 Å². The van der Waals surface area contributed by atoms with Crippen molar-refractivity contribution < 1.29 is 18.3 Å². The van der Waals surface area contributed by atoms with Crippen LogP contribution >= 0.6 is 24.8 Å². The molecule has 0 saturated carbocycles. The molecule has 266 valence electrons. The Balaban J connectivity index is 0.00000243. The number of allylic oxidation sites excluding steroid dienone is 8. The number of hydrogen-bond donors (Lipinski definition) is 0. The molecule has 1 unspecified atom stereocenters. The quantitative estimate of drug-likeness (QED) is 0.194.